The third kappa shape index (κ3) is 7.53. The Bertz CT molecular complexity index is 1300. The molecule has 0 aliphatic heterocycles. The van der Waals surface area contributed by atoms with E-state index in [0.717, 1.165) is 16.7 Å². The van der Waals surface area contributed by atoms with Gasteiger partial charge in [0.25, 0.3) is 0 Å². The Kier molecular flexibility index (Phi) is 10.3. The van der Waals surface area contributed by atoms with Crippen molar-refractivity contribution >= 4 is 17.8 Å². The molecule has 222 valence electrons. The van der Waals surface area contributed by atoms with Crippen LogP contribution < -0.4 is 44.4 Å². The molecule has 0 bridgehead atoms. The van der Waals surface area contributed by atoms with E-state index >= 15 is 0 Å². The van der Waals surface area contributed by atoms with Crippen LogP contribution in [0.4, 0.5) is 17.8 Å². The fourth-order valence-electron chi connectivity index (χ4n) is 4.13. The predicted molar refractivity (Wildman–Crippen MR) is 160 cm³/mol. The minimum absolute atomic E-state index is 0.372. The van der Waals surface area contributed by atoms with Gasteiger partial charge in [-0.15, -0.1) is 0 Å². The van der Waals surface area contributed by atoms with Crippen LogP contribution >= 0.6 is 0 Å². The zero-order valence-electron chi connectivity index (χ0n) is 24.6. The van der Waals surface area contributed by atoms with Crippen molar-refractivity contribution in [3.05, 3.63) is 71.3 Å². The van der Waals surface area contributed by atoms with Gasteiger partial charge in [-0.3, -0.25) is 0 Å². The van der Waals surface area contributed by atoms with Crippen molar-refractivity contribution in [3.63, 3.8) is 0 Å². The summed E-state index contributed by atoms with van der Waals surface area (Å²) < 4.78 is 32.5. The van der Waals surface area contributed by atoms with E-state index in [4.69, 9.17) is 28.4 Å². The summed E-state index contributed by atoms with van der Waals surface area (Å²) in [6.07, 6.45) is 0. The molecule has 0 saturated carbocycles. The van der Waals surface area contributed by atoms with Crippen LogP contribution in [0.25, 0.3) is 0 Å². The summed E-state index contributed by atoms with van der Waals surface area (Å²) >= 11 is 0. The van der Waals surface area contributed by atoms with Crippen LogP contribution in [0.2, 0.25) is 0 Å². The number of methoxy groups -OCH3 is 6. The molecule has 4 aromatic rings. The number of aromatic nitrogens is 3. The van der Waals surface area contributed by atoms with Gasteiger partial charge >= 0.3 is 0 Å². The van der Waals surface area contributed by atoms with Crippen LogP contribution in [0.3, 0.4) is 0 Å². The average molecular weight is 577 g/mol. The van der Waals surface area contributed by atoms with Gasteiger partial charge in [0, 0.05) is 54.5 Å². The second-order valence-electron chi connectivity index (χ2n) is 8.90. The van der Waals surface area contributed by atoms with Gasteiger partial charge in [0.2, 0.25) is 17.8 Å². The van der Waals surface area contributed by atoms with E-state index in [2.05, 4.69) is 30.9 Å². The van der Waals surface area contributed by atoms with Gasteiger partial charge in [-0.2, -0.15) is 15.0 Å². The standard InChI is InChI=1S/C30H36N6O6/c1-37-22-10-7-19(25(13-22)40-4)16-31-28-34-29(32-17-20-8-11-23(38-2)14-26(20)41-5)36-30(35-28)33-18-21-9-12-24(39-3)15-27(21)42-6/h7-15H,16-18H2,1-6H3,(H3,31,32,33,34,35,36). The highest BCUT2D eigenvalue weighted by Crippen LogP contribution is 2.28. The maximum absolute atomic E-state index is 5.54. The summed E-state index contributed by atoms with van der Waals surface area (Å²) in [7, 11) is 9.70. The molecule has 0 spiro atoms. The second kappa shape index (κ2) is 14.5. The van der Waals surface area contributed by atoms with Crippen LogP contribution in [0.15, 0.2) is 54.6 Å². The molecule has 3 aromatic carbocycles. The van der Waals surface area contributed by atoms with Crippen molar-refractivity contribution in [1.29, 1.82) is 0 Å². The number of rotatable bonds is 15. The molecule has 0 saturated heterocycles. The van der Waals surface area contributed by atoms with E-state index in [-0.39, 0.29) is 0 Å². The highest BCUT2D eigenvalue weighted by Gasteiger charge is 2.12. The van der Waals surface area contributed by atoms with E-state index < -0.39 is 0 Å². The number of anilines is 3. The van der Waals surface area contributed by atoms with Crippen molar-refractivity contribution in [2.24, 2.45) is 0 Å². The minimum atomic E-state index is 0.372. The van der Waals surface area contributed by atoms with Crippen LogP contribution in [0.5, 0.6) is 34.5 Å². The maximum Gasteiger partial charge on any atom is 0.229 e. The number of hydrogen-bond donors (Lipinski definition) is 3. The molecule has 12 heteroatoms. The Morgan fingerprint density at radius 1 is 0.429 bits per heavy atom. The van der Waals surface area contributed by atoms with Gasteiger partial charge in [-0.05, 0) is 36.4 Å². The van der Waals surface area contributed by atoms with Gasteiger partial charge in [-0.25, -0.2) is 0 Å². The summed E-state index contributed by atoms with van der Waals surface area (Å²) in [5.41, 5.74) is 2.73. The summed E-state index contributed by atoms with van der Waals surface area (Å²) in [4.78, 5) is 13.8. The molecule has 0 amide bonds. The lowest BCUT2D eigenvalue weighted by Gasteiger charge is -2.15. The summed E-state index contributed by atoms with van der Waals surface area (Å²) in [6, 6.07) is 16.9. The molecule has 1 heterocycles. The molecular weight excluding hydrogens is 540 g/mol. The first kappa shape index (κ1) is 29.8. The fraction of sp³-hybridized carbons (Fsp3) is 0.300. The zero-order chi connectivity index (χ0) is 29.9. The van der Waals surface area contributed by atoms with E-state index in [0.29, 0.717) is 72.0 Å². The fourth-order valence-corrected chi connectivity index (χ4v) is 4.13. The van der Waals surface area contributed by atoms with E-state index in [1.807, 2.05) is 54.6 Å². The lowest BCUT2D eigenvalue weighted by molar-refractivity contribution is 0.391. The van der Waals surface area contributed by atoms with Crippen LogP contribution in [0, 0.1) is 0 Å². The minimum Gasteiger partial charge on any atom is -0.497 e. The molecule has 0 fully saturated rings. The Hall–Kier alpha value is -5.13. The topological polar surface area (TPSA) is 130 Å². The van der Waals surface area contributed by atoms with E-state index in [1.54, 1.807) is 42.7 Å². The van der Waals surface area contributed by atoms with Crippen molar-refractivity contribution in [3.8, 4) is 34.5 Å². The smallest absolute Gasteiger partial charge is 0.229 e. The summed E-state index contributed by atoms with van der Waals surface area (Å²) in [5.74, 6) is 5.29. The number of nitrogens with one attached hydrogen (secondary N) is 3. The van der Waals surface area contributed by atoms with Gasteiger partial charge in [-0.1, -0.05) is 0 Å². The quantitative estimate of drug-likeness (QED) is 0.180. The number of nitrogens with zero attached hydrogens (tertiary/aromatic N) is 3. The molecular formula is C30H36N6O6. The summed E-state index contributed by atoms with van der Waals surface area (Å²) in [6.45, 7) is 1.23. The molecule has 0 radical (unpaired) electrons. The molecule has 0 aliphatic rings. The van der Waals surface area contributed by atoms with Gasteiger partial charge in [0.1, 0.15) is 34.5 Å². The van der Waals surface area contributed by atoms with Gasteiger partial charge < -0.3 is 44.4 Å². The second-order valence-corrected chi connectivity index (χ2v) is 8.90. The Morgan fingerprint density at radius 2 is 0.714 bits per heavy atom. The van der Waals surface area contributed by atoms with Gasteiger partial charge in [0.05, 0.1) is 42.7 Å². The van der Waals surface area contributed by atoms with Crippen molar-refractivity contribution in [1.82, 2.24) is 15.0 Å². The first-order chi connectivity index (χ1) is 20.5. The first-order valence-electron chi connectivity index (χ1n) is 13.1. The van der Waals surface area contributed by atoms with Crippen molar-refractivity contribution in [2.45, 2.75) is 19.6 Å². The Labute approximate surface area is 245 Å². The van der Waals surface area contributed by atoms with Crippen LogP contribution in [0.1, 0.15) is 16.7 Å². The molecule has 12 nitrogen and oxygen atoms in total. The highest BCUT2D eigenvalue weighted by molar-refractivity contribution is 5.48. The molecule has 42 heavy (non-hydrogen) atoms. The maximum atomic E-state index is 5.54. The molecule has 0 unspecified atom stereocenters. The third-order valence-electron chi connectivity index (χ3n) is 6.43. The van der Waals surface area contributed by atoms with Gasteiger partial charge in [0.15, 0.2) is 0 Å². The SMILES string of the molecule is COc1ccc(CNc2nc(NCc3ccc(OC)cc3OC)nc(NCc3ccc(OC)cc3OC)n2)c(OC)c1. The predicted octanol–water partition coefficient (Wildman–Crippen LogP) is 4.76. The van der Waals surface area contributed by atoms with Crippen LogP contribution in [-0.4, -0.2) is 57.6 Å². The molecule has 0 atom stereocenters. The largest absolute Gasteiger partial charge is 0.497 e. The molecule has 4 rings (SSSR count). The number of benzene rings is 3. The van der Waals surface area contributed by atoms with E-state index in [9.17, 15) is 0 Å². The average Bonchev–Trinajstić information content (AvgIpc) is 3.04. The molecule has 1 aromatic heterocycles. The van der Waals surface area contributed by atoms with E-state index in [1.165, 1.54) is 0 Å². The monoisotopic (exact) mass is 576 g/mol. The number of ether oxygens (including phenoxy) is 6. The van der Waals surface area contributed by atoms with Crippen molar-refractivity contribution in [2.75, 3.05) is 58.6 Å². The molecule has 3 N–H and O–H groups in total. The third-order valence-corrected chi connectivity index (χ3v) is 6.43. The lowest BCUT2D eigenvalue weighted by atomic mass is 10.2. The zero-order valence-corrected chi connectivity index (χ0v) is 24.6. The number of hydrogen-bond acceptors (Lipinski definition) is 12. The summed E-state index contributed by atoms with van der Waals surface area (Å²) in [5, 5.41) is 9.84. The normalized spacial score (nSPS) is 10.4. The van der Waals surface area contributed by atoms with Crippen molar-refractivity contribution < 1.29 is 28.4 Å². The Morgan fingerprint density at radius 3 is 0.952 bits per heavy atom. The molecule has 0 aliphatic carbocycles. The first-order valence-corrected chi connectivity index (χ1v) is 13.1. The Balaban J connectivity index is 1.57. The lowest BCUT2D eigenvalue weighted by Crippen LogP contribution is -2.13. The highest BCUT2D eigenvalue weighted by atomic mass is 16.5. The van der Waals surface area contributed by atoms with Crippen LogP contribution in [-0.2, 0) is 19.6 Å².